The summed E-state index contributed by atoms with van der Waals surface area (Å²) < 4.78 is 25.5. The number of halogens is 2. The van der Waals surface area contributed by atoms with Crippen LogP contribution in [-0.4, -0.2) is 34.8 Å². The number of hydrogen-bond donors (Lipinski definition) is 2. The van der Waals surface area contributed by atoms with E-state index in [-0.39, 0.29) is 5.82 Å². The Balaban J connectivity index is 1.98. The molecule has 156 valence electrons. The minimum atomic E-state index is -3.51. The molecule has 4 aromatic rings. The van der Waals surface area contributed by atoms with Crippen molar-refractivity contribution < 1.29 is 8.42 Å². The van der Waals surface area contributed by atoms with Crippen molar-refractivity contribution in [3.05, 3.63) is 64.3 Å². The molecule has 0 unspecified atom stereocenters. The molecule has 0 saturated carbocycles. The molecule has 3 aromatic heterocycles. The number of rotatable bonds is 5. The molecule has 0 aliphatic heterocycles. The molecule has 0 aliphatic carbocycles. The summed E-state index contributed by atoms with van der Waals surface area (Å²) in [7, 11) is -3.51. The summed E-state index contributed by atoms with van der Waals surface area (Å²) in [5, 5.41) is 8.80. The molecule has 1 aromatic carbocycles. The highest BCUT2D eigenvalue weighted by Gasteiger charge is 2.25. The first-order chi connectivity index (χ1) is 14.8. The van der Waals surface area contributed by atoms with Crippen LogP contribution in [-0.2, 0) is 10.0 Å². The number of anilines is 1. The Morgan fingerprint density at radius 2 is 2.00 bits per heavy atom. The molecular weight excluding hydrogens is 479 g/mol. The van der Waals surface area contributed by atoms with Gasteiger partial charge in [-0.1, -0.05) is 29.3 Å². The van der Waals surface area contributed by atoms with Crippen LogP contribution in [0.15, 0.2) is 42.9 Å². The summed E-state index contributed by atoms with van der Waals surface area (Å²) in [5.41, 5.74) is 2.17. The van der Waals surface area contributed by atoms with E-state index in [1.54, 1.807) is 30.3 Å². The topological polar surface area (TPSA) is 105 Å². The van der Waals surface area contributed by atoms with Crippen LogP contribution in [0.4, 0.5) is 11.5 Å². The summed E-state index contributed by atoms with van der Waals surface area (Å²) in [6.07, 6.45) is 3.96. The van der Waals surface area contributed by atoms with Crippen molar-refractivity contribution in [3.63, 3.8) is 0 Å². The Bertz CT molecular complexity index is 1430. The largest absolute Gasteiger partial charge is 0.327 e. The number of benzene rings is 1. The SMILES string of the molecule is [C-]#[N+]c1c(-c2ccnc(NS(C)(=O)=O)c2)sc(-c2nnc[nH]2)c1-c1ccc(Cl)cc1Cl. The number of H-pyrrole nitrogens is 1. The first-order valence-electron chi connectivity index (χ1n) is 8.57. The third-order valence-electron chi connectivity index (χ3n) is 4.14. The lowest BCUT2D eigenvalue weighted by Gasteiger charge is -2.07. The number of sulfonamides is 1. The second-order valence-electron chi connectivity index (χ2n) is 6.36. The fraction of sp³-hybridized carbons (Fsp3) is 0.0526. The summed E-state index contributed by atoms with van der Waals surface area (Å²) >= 11 is 13.8. The number of nitrogens with one attached hydrogen (secondary N) is 2. The van der Waals surface area contributed by atoms with Crippen LogP contribution in [0.5, 0.6) is 0 Å². The third-order valence-corrected chi connectivity index (χ3v) is 6.50. The summed E-state index contributed by atoms with van der Waals surface area (Å²) in [4.78, 5) is 12.1. The van der Waals surface area contributed by atoms with E-state index in [9.17, 15) is 8.42 Å². The average molecular weight is 491 g/mol. The van der Waals surface area contributed by atoms with Crippen LogP contribution < -0.4 is 4.72 Å². The second kappa shape index (κ2) is 8.28. The molecule has 12 heteroatoms. The van der Waals surface area contributed by atoms with Crippen molar-refractivity contribution in [3.8, 4) is 32.3 Å². The van der Waals surface area contributed by atoms with Crippen LogP contribution in [0.1, 0.15) is 0 Å². The van der Waals surface area contributed by atoms with Gasteiger partial charge in [0.15, 0.2) is 5.82 Å². The Labute approximate surface area is 191 Å². The van der Waals surface area contributed by atoms with Crippen LogP contribution in [0, 0.1) is 6.57 Å². The standard InChI is InChI=1S/C19H12Cl2N6O2S2/c1-22-16-15(12-4-3-11(20)8-13(12)21)18(19-24-9-25-26-19)30-17(16)10-5-6-23-14(7-10)27-31(2,28)29/h3-9H,2H3,(H,23,27)(H,24,25,26). The number of nitrogens with zero attached hydrogens (tertiary/aromatic N) is 4. The summed E-state index contributed by atoms with van der Waals surface area (Å²) in [6, 6.07) is 8.31. The predicted octanol–water partition coefficient (Wildman–Crippen LogP) is 5.49. The van der Waals surface area contributed by atoms with E-state index in [0.717, 1.165) is 6.26 Å². The minimum absolute atomic E-state index is 0.150. The number of aromatic amines is 1. The van der Waals surface area contributed by atoms with E-state index < -0.39 is 10.0 Å². The molecule has 0 spiro atoms. The van der Waals surface area contributed by atoms with Gasteiger partial charge in [0.25, 0.3) is 0 Å². The molecule has 0 amide bonds. The second-order valence-corrected chi connectivity index (χ2v) is 9.97. The lowest BCUT2D eigenvalue weighted by Crippen LogP contribution is -2.10. The van der Waals surface area contributed by atoms with Crippen LogP contribution in [0.2, 0.25) is 10.0 Å². The molecule has 2 N–H and O–H groups in total. The third kappa shape index (κ3) is 4.40. The van der Waals surface area contributed by atoms with Gasteiger partial charge in [-0.05, 0) is 35.4 Å². The van der Waals surface area contributed by atoms with E-state index in [2.05, 4.69) is 29.7 Å². The lowest BCUT2D eigenvalue weighted by molar-refractivity contribution is 0.606. The maximum atomic E-state index is 11.6. The van der Waals surface area contributed by atoms with Gasteiger partial charge < -0.3 is 4.98 Å². The molecule has 4 rings (SSSR count). The molecular formula is C19H12Cl2N6O2S2. The molecule has 0 atom stereocenters. The number of hydrogen-bond acceptors (Lipinski definition) is 6. The fourth-order valence-corrected chi connectivity index (χ4v) is 5.16. The molecule has 3 heterocycles. The zero-order valence-electron chi connectivity index (χ0n) is 15.7. The smallest absolute Gasteiger partial charge is 0.230 e. The maximum Gasteiger partial charge on any atom is 0.230 e. The van der Waals surface area contributed by atoms with Crippen molar-refractivity contribution in [1.82, 2.24) is 20.2 Å². The van der Waals surface area contributed by atoms with Gasteiger partial charge in [-0.15, -0.1) is 21.5 Å². The number of aromatic nitrogens is 4. The van der Waals surface area contributed by atoms with Crippen molar-refractivity contribution in [2.45, 2.75) is 0 Å². The molecule has 0 bridgehead atoms. The van der Waals surface area contributed by atoms with Gasteiger partial charge in [0.1, 0.15) is 12.1 Å². The molecule has 0 radical (unpaired) electrons. The van der Waals surface area contributed by atoms with Crippen LogP contribution >= 0.6 is 34.5 Å². The number of pyridine rings is 1. The van der Waals surface area contributed by atoms with Crippen molar-refractivity contribution in [1.29, 1.82) is 0 Å². The van der Waals surface area contributed by atoms with Gasteiger partial charge in [-0.3, -0.25) is 4.72 Å². The maximum absolute atomic E-state index is 11.6. The zero-order valence-corrected chi connectivity index (χ0v) is 18.9. The van der Waals surface area contributed by atoms with E-state index in [1.807, 2.05) is 0 Å². The van der Waals surface area contributed by atoms with Gasteiger partial charge in [0.2, 0.25) is 15.7 Å². The number of thiophene rings is 1. The van der Waals surface area contributed by atoms with E-state index in [1.165, 1.54) is 23.9 Å². The summed E-state index contributed by atoms with van der Waals surface area (Å²) in [6.45, 7) is 7.86. The molecule has 8 nitrogen and oxygen atoms in total. The van der Waals surface area contributed by atoms with Gasteiger partial charge in [0.05, 0.1) is 17.7 Å². The Hall–Kier alpha value is -2.97. The van der Waals surface area contributed by atoms with E-state index in [0.29, 0.717) is 48.0 Å². The van der Waals surface area contributed by atoms with Crippen molar-refractivity contribution in [2.75, 3.05) is 11.0 Å². The highest BCUT2D eigenvalue weighted by atomic mass is 35.5. The molecule has 31 heavy (non-hydrogen) atoms. The molecule has 0 aliphatic rings. The van der Waals surface area contributed by atoms with Crippen molar-refractivity contribution >= 4 is 56.1 Å². The van der Waals surface area contributed by atoms with Crippen LogP contribution in [0.3, 0.4) is 0 Å². The summed E-state index contributed by atoms with van der Waals surface area (Å²) in [5.74, 6) is 0.627. The minimum Gasteiger partial charge on any atom is -0.327 e. The fourth-order valence-electron chi connectivity index (χ4n) is 2.97. The van der Waals surface area contributed by atoms with E-state index >= 15 is 0 Å². The molecule has 0 saturated heterocycles. The van der Waals surface area contributed by atoms with E-state index in [4.69, 9.17) is 29.8 Å². The quantitative estimate of drug-likeness (QED) is 0.359. The first kappa shape index (κ1) is 21.3. The zero-order chi connectivity index (χ0) is 22.2. The van der Waals surface area contributed by atoms with Gasteiger partial charge >= 0.3 is 0 Å². The normalized spacial score (nSPS) is 11.3. The van der Waals surface area contributed by atoms with Crippen molar-refractivity contribution in [2.24, 2.45) is 0 Å². The Morgan fingerprint density at radius 1 is 1.19 bits per heavy atom. The average Bonchev–Trinajstić information content (AvgIpc) is 3.34. The Morgan fingerprint density at radius 3 is 2.65 bits per heavy atom. The first-order valence-corrected chi connectivity index (χ1v) is 12.0. The highest BCUT2D eigenvalue weighted by molar-refractivity contribution is 7.92. The Kier molecular flexibility index (Phi) is 5.68. The monoisotopic (exact) mass is 490 g/mol. The van der Waals surface area contributed by atoms with Gasteiger partial charge in [-0.2, -0.15) is 0 Å². The van der Waals surface area contributed by atoms with Gasteiger partial charge in [-0.25, -0.2) is 18.2 Å². The predicted molar refractivity (Wildman–Crippen MR) is 123 cm³/mol. The lowest BCUT2D eigenvalue weighted by atomic mass is 10.0. The van der Waals surface area contributed by atoms with Crippen LogP contribution in [0.25, 0.3) is 37.1 Å². The molecule has 0 fully saturated rings. The van der Waals surface area contributed by atoms with Gasteiger partial charge in [0, 0.05) is 26.7 Å². The highest BCUT2D eigenvalue weighted by Crippen LogP contribution is 2.53.